The maximum atomic E-state index is 11.2. The number of aryl methyl sites for hydroxylation is 1. The molecule has 5 heteroatoms. The Hall–Kier alpha value is -1.36. The number of carbonyl (C=O) groups excluding carboxylic acids is 1. The second-order valence-corrected chi connectivity index (χ2v) is 2.89. The van der Waals surface area contributed by atoms with Gasteiger partial charge in [0, 0.05) is 24.8 Å². The Bertz CT molecular complexity index is 317. The Morgan fingerprint density at radius 2 is 2.38 bits per heavy atom. The van der Waals surface area contributed by atoms with E-state index in [9.17, 15) is 4.79 Å². The number of esters is 1. The molecule has 0 fully saturated rings. The van der Waals surface area contributed by atoms with Crippen LogP contribution in [-0.2, 0) is 11.8 Å². The molecular formula is C8H13N3O2. The lowest BCUT2D eigenvalue weighted by atomic mass is 10.1. The minimum absolute atomic E-state index is 0.220. The van der Waals surface area contributed by atoms with E-state index in [4.69, 9.17) is 5.73 Å². The van der Waals surface area contributed by atoms with Gasteiger partial charge in [-0.15, -0.1) is 0 Å². The second-order valence-electron chi connectivity index (χ2n) is 2.89. The van der Waals surface area contributed by atoms with Gasteiger partial charge in [0.25, 0.3) is 0 Å². The van der Waals surface area contributed by atoms with E-state index >= 15 is 0 Å². The van der Waals surface area contributed by atoms with Gasteiger partial charge in [-0.1, -0.05) is 0 Å². The molecule has 0 radical (unpaired) electrons. The van der Waals surface area contributed by atoms with Gasteiger partial charge in [0.15, 0.2) is 5.69 Å². The van der Waals surface area contributed by atoms with Gasteiger partial charge < -0.3 is 10.5 Å². The zero-order valence-corrected chi connectivity index (χ0v) is 7.94. The molecule has 1 atom stereocenters. The second kappa shape index (κ2) is 3.57. The van der Waals surface area contributed by atoms with E-state index in [0.29, 0.717) is 11.3 Å². The zero-order valence-electron chi connectivity index (χ0n) is 7.94. The quantitative estimate of drug-likeness (QED) is 0.666. The van der Waals surface area contributed by atoms with Crippen molar-refractivity contribution in [3.63, 3.8) is 0 Å². The fourth-order valence-electron chi connectivity index (χ4n) is 1.10. The minimum Gasteiger partial charge on any atom is -0.464 e. The number of nitrogens with zero attached hydrogens (tertiary/aromatic N) is 2. The molecule has 0 unspecified atom stereocenters. The molecule has 0 spiro atoms. The molecule has 0 amide bonds. The van der Waals surface area contributed by atoms with Crippen molar-refractivity contribution in [3.8, 4) is 0 Å². The molecule has 0 bridgehead atoms. The molecule has 5 nitrogen and oxygen atoms in total. The largest absolute Gasteiger partial charge is 0.464 e. The number of aromatic nitrogens is 2. The highest BCUT2D eigenvalue weighted by molar-refractivity contribution is 5.88. The lowest BCUT2D eigenvalue weighted by Crippen LogP contribution is -2.11. The summed E-state index contributed by atoms with van der Waals surface area (Å²) in [5.74, 6) is -0.451. The van der Waals surface area contributed by atoms with E-state index in [1.165, 1.54) is 7.11 Å². The number of methoxy groups -OCH3 is 1. The lowest BCUT2D eigenvalue weighted by molar-refractivity contribution is 0.0591. The van der Waals surface area contributed by atoms with E-state index in [1.807, 2.05) is 0 Å². The highest BCUT2D eigenvalue weighted by Gasteiger charge is 2.18. The number of nitrogens with two attached hydrogens (primary N) is 1. The van der Waals surface area contributed by atoms with Crippen LogP contribution in [0.15, 0.2) is 6.20 Å². The molecule has 0 aromatic carbocycles. The zero-order chi connectivity index (χ0) is 10.0. The van der Waals surface area contributed by atoms with Crippen LogP contribution in [0.3, 0.4) is 0 Å². The molecule has 1 aromatic rings. The van der Waals surface area contributed by atoms with Crippen molar-refractivity contribution in [3.05, 3.63) is 17.5 Å². The monoisotopic (exact) mass is 183 g/mol. The topological polar surface area (TPSA) is 70.1 Å². The van der Waals surface area contributed by atoms with E-state index in [-0.39, 0.29) is 6.04 Å². The Morgan fingerprint density at radius 1 is 1.77 bits per heavy atom. The van der Waals surface area contributed by atoms with Crippen LogP contribution in [0.2, 0.25) is 0 Å². The van der Waals surface area contributed by atoms with Crippen molar-refractivity contribution >= 4 is 5.97 Å². The maximum Gasteiger partial charge on any atom is 0.358 e. The summed E-state index contributed by atoms with van der Waals surface area (Å²) in [6, 6.07) is -0.220. The Labute approximate surface area is 76.5 Å². The smallest absolute Gasteiger partial charge is 0.358 e. The number of rotatable bonds is 2. The van der Waals surface area contributed by atoms with Crippen LogP contribution in [0.1, 0.15) is 29.0 Å². The highest BCUT2D eigenvalue weighted by Crippen LogP contribution is 2.14. The van der Waals surface area contributed by atoms with Gasteiger partial charge in [0.1, 0.15) is 0 Å². The van der Waals surface area contributed by atoms with Gasteiger partial charge in [-0.05, 0) is 6.92 Å². The first-order valence-corrected chi connectivity index (χ1v) is 3.93. The van der Waals surface area contributed by atoms with Crippen molar-refractivity contribution in [2.45, 2.75) is 13.0 Å². The Kier molecular flexibility index (Phi) is 2.67. The van der Waals surface area contributed by atoms with Crippen LogP contribution < -0.4 is 5.73 Å². The number of hydrogen-bond donors (Lipinski definition) is 1. The van der Waals surface area contributed by atoms with Gasteiger partial charge in [0.05, 0.1) is 7.11 Å². The highest BCUT2D eigenvalue weighted by atomic mass is 16.5. The first-order valence-electron chi connectivity index (χ1n) is 3.93. The van der Waals surface area contributed by atoms with E-state index in [2.05, 4.69) is 9.84 Å². The van der Waals surface area contributed by atoms with Crippen molar-refractivity contribution in [2.24, 2.45) is 12.8 Å². The summed E-state index contributed by atoms with van der Waals surface area (Å²) in [7, 11) is 3.06. The number of ether oxygens (including phenoxy) is 1. The van der Waals surface area contributed by atoms with E-state index in [1.54, 1.807) is 24.9 Å². The van der Waals surface area contributed by atoms with Crippen LogP contribution in [0.5, 0.6) is 0 Å². The first-order chi connectivity index (χ1) is 6.06. The van der Waals surface area contributed by atoms with Crippen molar-refractivity contribution in [2.75, 3.05) is 7.11 Å². The van der Waals surface area contributed by atoms with Crippen molar-refractivity contribution < 1.29 is 9.53 Å². The molecule has 0 aliphatic rings. The summed E-state index contributed by atoms with van der Waals surface area (Å²) in [5.41, 5.74) is 6.65. The van der Waals surface area contributed by atoms with Crippen LogP contribution in [0.25, 0.3) is 0 Å². The summed E-state index contributed by atoms with van der Waals surface area (Å²) in [5, 5.41) is 3.96. The van der Waals surface area contributed by atoms with Crippen LogP contribution in [-0.4, -0.2) is 22.9 Å². The predicted octanol–water partition coefficient (Wildman–Crippen LogP) is 0.226. The average Bonchev–Trinajstić information content (AvgIpc) is 2.46. The van der Waals surface area contributed by atoms with Gasteiger partial charge in [-0.3, -0.25) is 4.68 Å². The Morgan fingerprint density at radius 3 is 2.85 bits per heavy atom. The fraction of sp³-hybridized carbons (Fsp3) is 0.500. The van der Waals surface area contributed by atoms with Gasteiger partial charge in [-0.25, -0.2) is 4.79 Å². The number of carbonyl (C=O) groups is 1. The summed E-state index contributed by atoms with van der Waals surface area (Å²) in [6.45, 7) is 1.80. The predicted molar refractivity (Wildman–Crippen MR) is 47.1 cm³/mol. The molecule has 0 saturated heterocycles. The van der Waals surface area contributed by atoms with E-state index < -0.39 is 5.97 Å². The average molecular weight is 183 g/mol. The third-order valence-corrected chi connectivity index (χ3v) is 1.73. The molecule has 0 aliphatic carbocycles. The summed E-state index contributed by atoms with van der Waals surface area (Å²) in [4.78, 5) is 11.2. The fourth-order valence-corrected chi connectivity index (χ4v) is 1.10. The van der Waals surface area contributed by atoms with Gasteiger partial charge in [0.2, 0.25) is 0 Å². The third-order valence-electron chi connectivity index (χ3n) is 1.73. The summed E-state index contributed by atoms with van der Waals surface area (Å²) >= 11 is 0. The molecule has 1 heterocycles. The standard InChI is InChI=1S/C8H13N3O2/c1-5(9)6-4-11(2)10-7(6)8(12)13-3/h4-5H,9H2,1-3H3/t5-/m1/s1. The minimum atomic E-state index is -0.451. The maximum absolute atomic E-state index is 11.2. The van der Waals surface area contributed by atoms with Crippen LogP contribution in [0.4, 0.5) is 0 Å². The SMILES string of the molecule is COC(=O)c1nn(C)cc1[C@@H](C)N. The molecule has 72 valence electrons. The van der Waals surface area contributed by atoms with Crippen LogP contribution in [0, 0.1) is 0 Å². The van der Waals surface area contributed by atoms with Crippen molar-refractivity contribution in [1.82, 2.24) is 9.78 Å². The molecule has 0 saturated carbocycles. The Balaban J connectivity index is 3.11. The molecule has 0 aliphatic heterocycles. The van der Waals surface area contributed by atoms with Crippen molar-refractivity contribution in [1.29, 1.82) is 0 Å². The molecule has 13 heavy (non-hydrogen) atoms. The molecular weight excluding hydrogens is 170 g/mol. The normalized spacial score (nSPS) is 12.6. The molecule has 1 aromatic heterocycles. The molecule has 2 N–H and O–H groups in total. The summed E-state index contributed by atoms with van der Waals surface area (Å²) < 4.78 is 6.12. The number of hydrogen-bond acceptors (Lipinski definition) is 4. The third kappa shape index (κ3) is 1.86. The lowest BCUT2D eigenvalue weighted by Gasteiger charge is -2.02. The van der Waals surface area contributed by atoms with E-state index in [0.717, 1.165) is 0 Å². The molecule has 1 rings (SSSR count). The van der Waals surface area contributed by atoms with Gasteiger partial charge in [-0.2, -0.15) is 5.10 Å². The summed E-state index contributed by atoms with van der Waals surface area (Å²) in [6.07, 6.45) is 1.72. The first kappa shape index (κ1) is 9.73. The van der Waals surface area contributed by atoms with Gasteiger partial charge >= 0.3 is 5.97 Å². The van der Waals surface area contributed by atoms with Crippen LogP contribution >= 0.6 is 0 Å².